The first-order chi connectivity index (χ1) is 8.08. The summed E-state index contributed by atoms with van der Waals surface area (Å²) in [6.45, 7) is 4.19. The highest BCUT2D eigenvalue weighted by molar-refractivity contribution is 5.94. The van der Waals surface area contributed by atoms with Gasteiger partial charge in [-0.05, 0) is 25.5 Å². The lowest BCUT2D eigenvalue weighted by molar-refractivity contribution is 0.0890. The van der Waals surface area contributed by atoms with Gasteiger partial charge in [-0.1, -0.05) is 18.6 Å². The summed E-state index contributed by atoms with van der Waals surface area (Å²) in [5.74, 6) is -0.893. The van der Waals surface area contributed by atoms with E-state index in [0.29, 0.717) is 6.61 Å². The third-order valence-corrected chi connectivity index (χ3v) is 2.56. The number of aryl methyl sites for hydroxylation is 1. The lowest BCUT2D eigenvalue weighted by Gasteiger charge is -2.16. The minimum Gasteiger partial charge on any atom is -0.383 e. The van der Waals surface area contributed by atoms with Crippen LogP contribution in [0.15, 0.2) is 18.2 Å². The van der Waals surface area contributed by atoms with Gasteiger partial charge in [-0.25, -0.2) is 4.39 Å². The van der Waals surface area contributed by atoms with Crippen molar-refractivity contribution in [3.05, 3.63) is 35.1 Å². The highest BCUT2D eigenvalue weighted by Crippen LogP contribution is 2.10. The van der Waals surface area contributed by atoms with Gasteiger partial charge in [0, 0.05) is 7.11 Å². The Morgan fingerprint density at radius 1 is 1.53 bits per heavy atom. The number of hydrogen-bond donors (Lipinski definition) is 1. The Labute approximate surface area is 101 Å². The summed E-state index contributed by atoms with van der Waals surface area (Å²) in [5.41, 5.74) is 0.941. The number of carbonyl (C=O) groups is 1. The first-order valence-corrected chi connectivity index (χ1v) is 5.64. The molecular formula is C13H18FNO2. The molecule has 0 bridgehead atoms. The fraction of sp³-hybridized carbons (Fsp3) is 0.462. The van der Waals surface area contributed by atoms with Crippen LogP contribution in [-0.2, 0) is 4.74 Å². The zero-order chi connectivity index (χ0) is 12.8. The molecule has 94 valence electrons. The molecule has 0 saturated heterocycles. The van der Waals surface area contributed by atoms with E-state index in [9.17, 15) is 9.18 Å². The maximum Gasteiger partial charge on any atom is 0.254 e. The Bertz CT molecular complexity index is 393. The van der Waals surface area contributed by atoms with E-state index in [-0.39, 0.29) is 11.6 Å². The van der Waals surface area contributed by atoms with Gasteiger partial charge in [0.05, 0.1) is 18.2 Å². The first kappa shape index (κ1) is 13.6. The molecule has 1 aromatic carbocycles. The minimum absolute atomic E-state index is 0.0829. The molecule has 1 rings (SSSR count). The van der Waals surface area contributed by atoms with E-state index in [1.807, 2.05) is 13.8 Å². The van der Waals surface area contributed by atoms with Crippen molar-refractivity contribution in [2.75, 3.05) is 13.7 Å². The molecule has 1 N–H and O–H groups in total. The Morgan fingerprint density at radius 3 is 2.82 bits per heavy atom. The second kappa shape index (κ2) is 6.35. The smallest absolute Gasteiger partial charge is 0.254 e. The summed E-state index contributed by atoms with van der Waals surface area (Å²) in [6.07, 6.45) is 0.743. The molecule has 1 aromatic rings. The van der Waals surface area contributed by atoms with E-state index in [2.05, 4.69) is 5.32 Å². The number of benzene rings is 1. The molecule has 0 spiro atoms. The first-order valence-electron chi connectivity index (χ1n) is 5.64. The molecule has 0 fully saturated rings. The minimum atomic E-state index is -0.500. The lowest BCUT2D eigenvalue weighted by atomic mass is 10.1. The summed E-state index contributed by atoms with van der Waals surface area (Å²) in [7, 11) is 1.57. The number of amides is 1. The molecule has 0 aliphatic heterocycles. The topological polar surface area (TPSA) is 38.3 Å². The van der Waals surface area contributed by atoms with Gasteiger partial charge in [-0.15, -0.1) is 0 Å². The Hall–Kier alpha value is -1.42. The molecule has 0 heterocycles. The average Bonchev–Trinajstić information content (AvgIpc) is 2.31. The molecule has 4 heteroatoms. The maximum atomic E-state index is 13.5. The SMILES string of the molecule is CCC(COC)NC(=O)c1cc(C)ccc1F. The summed E-state index contributed by atoms with van der Waals surface area (Å²) in [5, 5.41) is 2.75. The molecule has 0 aliphatic carbocycles. The van der Waals surface area contributed by atoms with Crippen LogP contribution >= 0.6 is 0 Å². The molecule has 0 aromatic heterocycles. The van der Waals surface area contributed by atoms with E-state index < -0.39 is 11.7 Å². The van der Waals surface area contributed by atoms with Crippen LogP contribution in [0.2, 0.25) is 0 Å². The van der Waals surface area contributed by atoms with Gasteiger partial charge in [0.25, 0.3) is 5.91 Å². The number of carbonyl (C=O) groups excluding carboxylic acids is 1. The van der Waals surface area contributed by atoms with Gasteiger partial charge in [0.2, 0.25) is 0 Å². The second-order valence-corrected chi connectivity index (χ2v) is 4.02. The number of rotatable bonds is 5. The van der Waals surface area contributed by atoms with Crippen molar-refractivity contribution in [2.45, 2.75) is 26.3 Å². The van der Waals surface area contributed by atoms with Gasteiger partial charge in [-0.3, -0.25) is 4.79 Å². The standard InChI is InChI=1S/C13H18FNO2/c1-4-10(8-17-3)15-13(16)11-7-9(2)5-6-12(11)14/h5-7,10H,4,8H2,1-3H3,(H,15,16). The van der Waals surface area contributed by atoms with Crippen molar-refractivity contribution >= 4 is 5.91 Å². The highest BCUT2D eigenvalue weighted by Gasteiger charge is 2.15. The second-order valence-electron chi connectivity index (χ2n) is 4.02. The largest absolute Gasteiger partial charge is 0.383 e. The zero-order valence-electron chi connectivity index (χ0n) is 10.4. The van der Waals surface area contributed by atoms with Crippen LogP contribution in [0.4, 0.5) is 4.39 Å². The monoisotopic (exact) mass is 239 g/mol. The lowest BCUT2D eigenvalue weighted by Crippen LogP contribution is -2.37. The summed E-state index contributed by atoms with van der Waals surface area (Å²) in [6, 6.07) is 4.40. The van der Waals surface area contributed by atoms with Crippen molar-refractivity contribution < 1.29 is 13.9 Å². The fourth-order valence-electron chi connectivity index (χ4n) is 1.54. The average molecular weight is 239 g/mol. The van der Waals surface area contributed by atoms with Crippen molar-refractivity contribution in [3.8, 4) is 0 Å². The summed E-state index contributed by atoms with van der Waals surface area (Å²) >= 11 is 0. The molecular weight excluding hydrogens is 221 g/mol. The quantitative estimate of drug-likeness (QED) is 0.856. The van der Waals surface area contributed by atoms with E-state index in [0.717, 1.165) is 12.0 Å². The molecule has 1 amide bonds. The van der Waals surface area contributed by atoms with Crippen molar-refractivity contribution in [2.24, 2.45) is 0 Å². The molecule has 3 nitrogen and oxygen atoms in total. The summed E-state index contributed by atoms with van der Waals surface area (Å²) in [4.78, 5) is 11.9. The van der Waals surface area contributed by atoms with Gasteiger partial charge in [-0.2, -0.15) is 0 Å². The van der Waals surface area contributed by atoms with E-state index >= 15 is 0 Å². The number of hydrogen-bond acceptors (Lipinski definition) is 2. The molecule has 0 aliphatic rings. The molecule has 17 heavy (non-hydrogen) atoms. The third kappa shape index (κ3) is 3.82. The van der Waals surface area contributed by atoms with Gasteiger partial charge >= 0.3 is 0 Å². The molecule has 0 radical (unpaired) electrons. The van der Waals surface area contributed by atoms with Crippen LogP contribution in [0.5, 0.6) is 0 Å². The zero-order valence-corrected chi connectivity index (χ0v) is 10.4. The van der Waals surface area contributed by atoms with Gasteiger partial charge in [0.1, 0.15) is 5.82 Å². The van der Waals surface area contributed by atoms with Crippen molar-refractivity contribution in [1.82, 2.24) is 5.32 Å². The van der Waals surface area contributed by atoms with E-state index in [1.54, 1.807) is 19.2 Å². The van der Waals surface area contributed by atoms with Crippen LogP contribution < -0.4 is 5.32 Å². The third-order valence-electron chi connectivity index (χ3n) is 2.56. The number of halogens is 1. The van der Waals surface area contributed by atoms with Crippen LogP contribution in [-0.4, -0.2) is 25.7 Å². The number of ether oxygens (including phenoxy) is 1. The van der Waals surface area contributed by atoms with E-state index in [4.69, 9.17) is 4.74 Å². The van der Waals surface area contributed by atoms with E-state index in [1.165, 1.54) is 6.07 Å². The Kier molecular flexibility index (Phi) is 5.10. The predicted octanol–water partition coefficient (Wildman–Crippen LogP) is 2.29. The Balaban J connectivity index is 2.78. The van der Waals surface area contributed by atoms with Crippen LogP contribution in [0.3, 0.4) is 0 Å². The van der Waals surface area contributed by atoms with Crippen molar-refractivity contribution in [3.63, 3.8) is 0 Å². The van der Waals surface area contributed by atoms with Crippen LogP contribution in [0.25, 0.3) is 0 Å². The number of methoxy groups -OCH3 is 1. The molecule has 1 unspecified atom stereocenters. The van der Waals surface area contributed by atoms with Crippen LogP contribution in [0.1, 0.15) is 29.3 Å². The molecule has 1 atom stereocenters. The predicted molar refractivity (Wildman–Crippen MR) is 64.6 cm³/mol. The molecule has 0 saturated carbocycles. The number of nitrogens with one attached hydrogen (secondary N) is 1. The van der Waals surface area contributed by atoms with Crippen LogP contribution in [0, 0.1) is 12.7 Å². The van der Waals surface area contributed by atoms with Gasteiger partial charge < -0.3 is 10.1 Å². The Morgan fingerprint density at radius 2 is 2.24 bits per heavy atom. The fourth-order valence-corrected chi connectivity index (χ4v) is 1.54. The van der Waals surface area contributed by atoms with Gasteiger partial charge in [0.15, 0.2) is 0 Å². The van der Waals surface area contributed by atoms with Crippen molar-refractivity contribution in [1.29, 1.82) is 0 Å². The highest BCUT2D eigenvalue weighted by atomic mass is 19.1. The summed E-state index contributed by atoms with van der Waals surface area (Å²) < 4.78 is 18.4. The normalized spacial score (nSPS) is 12.2. The maximum absolute atomic E-state index is 13.5.